The summed E-state index contributed by atoms with van der Waals surface area (Å²) < 4.78 is 40.5. The van der Waals surface area contributed by atoms with Crippen molar-refractivity contribution in [2.75, 3.05) is 6.54 Å². The first-order valence-corrected chi connectivity index (χ1v) is 7.98. The lowest BCUT2D eigenvalue weighted by molar-refractivity contribution is -0.274. The summed E-state index contributed by atoms with van der Waals surface area (Å²) in [6.45, 7) is 0.559. The van der Waals surface area contributed by atoms with Gasteiger partial charge in [-0.1, -0.05) is 12.1 Å². The van der Waals surface area contributed by atoms with Crippen molar-refractivity contribution < 1.29 is 27.8 Å². The van der Waals surface area contributed by atoms with Crippen molar-refractivity contribution in [3.63, 3.8) is 0 Å². The summed E-state index contributed by atoms with van der Waals surface area (Å²) in [7, 11) is 0. The van der Waals surface area contributed by atoms with E-state index in [1.54, 1.807) is 17.0 Å². The summed E-state index contributed by atoms with van der Waals surface area (Å²) in [4.78, 5) is 21.9. The lowest BCUT2D eigenvalue weighted by atomic mass is 10.0. The first-order chi connectivity index (χ1) is 12.3. The Labute approximate surface area is 147 Å². The molecule has 1 amide bonds. The van der Waals surface area contributed by atoms with E-state index in [4.69, 9.17) is 0 Å². The predicted octanol–water partition coefficient (Wildman–Crippen LogP) is 2.93. The molecular weight excluding hydrogens is 351 g/mol. The Hall–Kier alpha value is -2.84. The number of hydrogen-bond donors (Lipinski definition) is 1. The maximum Gasteiger partial charge on any atom is 0.573 e. The molecule has 0 spiro atoms. The highest BCUT2D eigenvalue weighted by Crippen LogP contribution is 2.26. The number of aromatic hydroxyl groups is 1. The molecule has 9 heteroatoms. The molecule has 0 bridgehead atoms. The van der Waals surface area contributed by atoms with E-state index in [-0.39, 0.29) is 29.3 Å². The van der Waals surface area contributed by atoms with E-state index < -0.39 is 6.36 Å². The highest BCUT2D eigenvalue weighted by Gasteiger charge is 2.32. The smallest absolute Gasteiger partial charge is 0.505 e. The van der Waals surface area contributed by atoms with E-state index in [0.29, 0.717) is 13.0 Å². The Balaban J connectivity index is 1.67. The number of amides is 1. The maximum atomic E-state index is 12.5. The molecule has 0 radical (unpaired) electrons. The number of nitrogens with zero attached hydrogens (tertiary/aromatic N) is 3. The average Bonchev–Trinajstić information content (AvgIpc) is 3.03. The molecule has 1 atom stereocenters. The number of rotatable bonds is 4. The predicted molar refractivity (Wildman–Crippen MR) is 84.6 cm³/mol. The van der Waals surface area contributed by atoms with Crippen LogP contribution in [0.5, 0.6) is 11.5 Å². The number of benzene rings is 1. The van der Waals surface area contributed by atoms with E-state index in [1.807, 2.05) is 0 Å². The monoisotopic (exact) mass is 367 g/mol. The summed E-state index contributed by atoms with van der Waals surface area (Å²) in [6, 6.07) is 5.53. The van der Waals surface area contributed by atoms with Crippen LogP contribution < -0.4 is 4.74 Å². The van der Waals surface area contributed by atoms with E-state index in [0.717, 1.165) is 30.8 Å². The van der Waals surface area contributed by atoms with Gasteiger partial charge >= 0.3 is 6.36 Å². The van der Waals surface area contributed by atoms with Crippen LogP contribution in [0.1, 0.15) is 29.0 Å². The number of alkyl halides is 3. The maximum absolute atomic E-state index is 12.5. The van der Waals surface area contributed by atoms with Gasteiger partial charge in [0.2, 0.25) is 5.82 Å². The first-order valence-electron chi connectivity index (χ1n) is 7.98. The summed E-state index contributed by atoms with van der Waals surface area (Å²) >= 11 is 0. The molecule has 1 aromatic heterocycles. The second kappa shape index (κ2) is 7.19. The van der Waals surface area contributed by atoms with E-state index in [1.165, 1.54) is 12.1 Å². The fourth-order valence-electron chi connectivity index (χ4n) is 2.97. The van der Waals surface area contributed by atoms with Gasteiger partial charge in [-0.05, 0) is 37.0 Å². The highest BCUT2D eigenvalue weighted by molar-refractivity contribution is 5.90. The zero-order valence-electron chi connectivity index (χ0n) is 13.6. The van der Waals surface area contributed by atoms with Crippen molar-refractivity contribution in [2.24, 2.45) is 0 Å². The number of hydrogen-bond acceptors (Lipinski definition) is 5. The Morgan fingerprint density at radius 1 is 1.23 bits per heavy atom. The van der Waals surface area contributed by atoms with E-state index in [2.05, 4.69) is 14.7 Å². The molecule has 2 aromatic rings. The molecule has 138 valence electrons. The number of halogens is 3. The van der Waals surface area contributed by atoms with Gasteiger partial charge in [0.05, 0.1) is 12.4 Å². The standard InChI is InChI=1S/C17H16F3N3O3/c18-17(19,20)26-14-5-3-11(4-6-14)8-12-2-1-7-23(12)16(25)15-21-9-13(24)10-22-15/h3-6,9-10,12,24H,1-2,7-8H2. The minimum absolute atomic E-state index is 0.00336. The van der Waals surface area contributed by atoms with Crippen LogP contribution in [0.4, 0.5) is 13.2 Å². The van der Waals surface area contributed by atoms with Crippen molar-refractivity contribution in [2.45, 2.75) is 31.7 Å². The van der Waals surface area contributed by atoms with Crippen LogP contribution in [0.3, 0.4) is 0 Å². The SMILES string of the molecule is O=C(c1ncc(O)cn1)N1CCCC1Cc1ccc(OC(F)(F)F)cc1. The van der Waals surface area contributed by atoms with Crippen molar-refractivity contribution in [3.8, 4) is 11.5 Å². The Bertz CT molecular complexity index is 764. The molecule has 1 saturated heterocycles. The number of aromatic nitrogens is 2. The first kappa shape index (κ1) is 18.0. The third-order valence-electron chi connectivity index (χ3n) is 4.10. The average molecular weight is 367 g/mol. The number of likely N-dealkylation sites (tertiary alicyclic amines) is 1. The van der Waals surface area contributed by atoms with Gasteiger partial charge in [-0.15, -0.1) is 13.2 Å². The molecular formula is C17H16F3N3O3. The van der Waals surface area contributed by atoms with Crippen molar-refractivity contribution in [1.29, 1.82) is 0 Å². The third-order valence-corrected chi connectivity index (χ3v) is 4.10. The third kappa shape index (κ3) is 4.41. The summed E-state index contributed by atoms with van der Waals surface area (Å²) in [5.41, 5.74) is 0.802. The summed E-state index contributed by atoms with van der Waals surface area (Å²) in [6.07, 6.45) is -0.291. The van der Waals surface area contributed by atoms with Crippen LogP contribution in [-0.4, -0.2) is 44.8 Å². The van der Waals surface area contributed by atoms with E-state index in [9.17, 15) is 23.1 Å². The van der Waals surface area contributed by atoms with Crippen LogP contribution >= 0.6 is 0 Å². The second-order valence-electron chi connectivity index (χ2n) is 5.96. The zero-order chi connectivity index (χ0) is 18.7. The number of carbonyl (C=O) groups is 1. The highest BCUT2D eigenvalue weighted by atomic mass is 19.4. The van der Waals surface area contributed by atoms with Crippen LogP contribution in [0, 0.1) is 0 Å². The van der Waals surface area contributed by atoms with Gasteiger partial charge in [-0.25, -0.2) is 9.97 Å². The van der Waals surface area contributed by atoms with Gasteiger partial charge in [0.1, 0.15) is 5.75 Å². The normalized spacial score (nSPS) is 17.3. The van der Waals surface area contributed by atoms with Crippen LogP contribution in [0.15, 0.2) is 36.7 Å². The molecule has 6 nitrogen and oxygen atoms in total. The molecule has 1 aromatic carbocycles. The Morgan fingerprint density at radius 2 is 1.88 bits per heavy atom. The topological polar surface area (TPSA) is 75.5 Å². The van der Waals surface area contributed by atoms with Gasteiger partial charge in [0.15, 0.2) is 5.75 Å². The van der Waals surface area contributed by atoms with Gasteiger partial charge in [0, 0.05) is 12.6 Å². The molecule has 26 heavy (non-hydrogen) atoms. The Kier molecular flexibility index (Phi) is 4.97. The molecule has 1 N–H and O–H groups in total. The van der Waals surface area contributed by atoms with Crippen LogP contribution in [-0.2, 0) is 6.42 Å². The zero-order valence-corrected chi connectivity index (χ0v) is 13.6. The lowest BCUT2D eigenvalue weighted by Gasteiger charge is -2.24. The quantitative estimate of drug-likeness (QED) is 0.899. The molecule has 1 aliphatic rings. The Morgan fingerprint density at radius 3 is 2.50 bits per heavy atom. The summed E-state index contributed by atoms with van der Waals surface area (Å²) in [5, 5.41) is 9.21. The fourth-order valence-corrected chi connectivity index (χ4v) is 2.97. The minimum atomic E-state index is -4.72. The van der Waals surface area contributed by atoms with Crippen molar-refractivity contribution in [1.82, 2.24) is 14.9 Å². The molecule has 1 unspecified atom stereocenters. The number of carbonyl (C=O) groups excluding carboxylic acids is 1. The summed E-state index contributed by atoms with van der Waals surface area (Å²) in [5.74, 6) is -0.730. The van der Waals surface area contributed by atoms with Gasteiger partial charge in [-0.2, -0.15) is 0 Å². The van der Waals surface area contributed by atoms with Crippen LogP contribution in [0.25, 0.3) is 0 Å². The second-order valence-corrected chi connectivity index (χ2v) is 5.96. The molecule has 1 aliphatic heterocycles. The lowest BCUT2D eigenvalue weighted by Crippen LogP contribution is -2.37. The van der Waals surface area contributed by atoms with Gasteiger partial charge in [-0.3, -0.25) is 4.79 Å². The molecule has 1 fully saturated rings. The number of ether oxygens (including phenoxy) is 1. The van der Waals surface area contributed by atoms with Gasteiger partial charge in [0.25, 0.3) is 5.91 Å². The van der Waals surface area contributed by atoms with Crippen LogP contribution in [0.2, 0.25) is 0 Å². The fraction of sp³-hybridized carbons (Fsp3) is 0.353. The molecule has 0 saturated carbocycles. The largest absolute Gasteiger partial charge is 0.573 e. The molecule has 0 aliphatic carbocycles. The van der Waals surface area contributed by atoms with Crippen molar-refractivity contribution >= 4 is 5.91 Å². The molecule has 3 rings (SSSR count). The van der Waals surface area contributed by atoms with Gasteiger partial charge < -0.3 is 14.7 Å². The van der Waals surface area contributed by atoms with E-state index >= 15 is 0 Å². The molecule has 2 heterocycles. The minimum Gasteiger partial charge on any atom is -0.505 e. The van der Waals surface area contributed by atoms with Crippen molar-refractivity contribution in [3.05, 3.63) is 48.0 Å².